The Hall–Kier alpha value is -1.86. The Kier molecular flexibility index (Phi) is 5.35. The molecule has 4 aliphatic heterocycles. The van der Waals surface area contributed by atoms with Crippen molar-refractivity contribution >= 4 is 11.8 Å². The molecule has 7 heteroatoms. The van der Waals surface area contributed by atoms with Crippen LogP contribution in [0.15, 0.2) is 23.3 Å². The Morgan fingerprint density at radius 3 is 2.66 bits per heavy atom. The molecular weight excluding hydrogens is 366 g/mol. The predicted octanol–water partition coefficient (Wildman–Crippen LogP) is 1.88. The topological polar surface area (TPSA) is 62.2 Å². The summed E-state index contributed by atoms with van der Waals surface area (Å²) < 4.78 is 11.7. The van der Waals surface area contributed by atoms with E-state index in [9.17, 15) is 0 Å². The molecule has 5 rings (SSSR count). The zero-order chi connectivity index (χ0) is 19.8. The summed E-state index contributed by atoms with van der Waals surface area (Å²) in [7, 11) is 0. The fourth-order valence-electron chi connectivity index (χ4n) is 5.45. The zero-order valence-corrected chi connectivity index (χ0v) is 17.6. The molecule has 5 unspecified atom stereocenters. The average Bonchev–Trinajstić information content (AvgIpc) is 3.45. The molecule has 5 atom stereocenters. The molecule has 4 aliphatic rings. The van der Waals surface area contributed by atoms with Crippen LogP contribution >= 0.6 is 0 Å². The van der Waals surface area contributed by atoms with E-state index >= 15 is 0 Å². The summed E-state index contributed by atoms with van der Waals surface area (Å²) in [4.78, 5) is 14.4. The number of aliphatic imine (C=N–C) groups is 1. The standard InChI is InChI=1S/C22H33N5O2/c1-3-23-22(27-13-17-18(14-27)20-6-5-19(17)29-20)25-11-16-4-7-21(24-10-16)26-8-9-28-15(2)12-26/h4,7,10,15,17-20H,3,5-6,8-9,11-14H2,1-2H3,(H,23,25). The lowest BCUT2D eigenvalue weighted by atomic mass is 9.82. The van der Waals surface area contributed by atoms with Crippen LogP contribution in [-0.4, -0.2) is 73.5 Å². The van der Waals surface area contributed by atoms with E-state index < -0.39 is 0 Å². The number of morpholine rings is 1. The lowest BCUT2D eigenvalue weighted by Gasteiger charge is -2.32. The van der Waals surface area contributed by atoms with E-state index in [-0.39, 0.29) is 6.10 Å². The van der Waals surface area contributed by atoms with Crippen LogP contribution in [0.25, 0.3) is 0 Å². The van der Waals surface area contributed by atoms with E-state index in [0.29, 0.717) is 30.6 Å². The van der Waals surface area contributed by atoms with Crippen LogP contribution in [0.5, 0.6) is 0 Å². The molecule has 7 nitrogen and oxygen atoms in total. The SMILES string of the molecule is CCNC(=NCc1ccc(N2CCOC(C)C2)nc1)N1CC2C3CCC(O3)C2C1. The number of ether oxygens (including phenoxy) is 2. The molecule has 0 amide bonds. The van der Waals surface area contributed by atoms with Crippen molar-refractivity contribution in [2.45, 2.75) is 51.5 Å². The van der Waals surface area contributed by atoms with E-state index in [4.69, 9.17) is 14.5 Å². The molecule has 0 aromatic carbocycles. The molecule has 0 aliphatic carbocycles. The van der Waals surface area contributed by atoms with Gasteiger partial charge < -0.3 is 24.6 Å². The molecule has 0 radical (unpaired) electrons. The first-order chi connectivity index (χ1) is 14.2. The Labute approximate surface area is 173 Å². The quantitative estimate of drug-likeness (QED) is 0.616. The smallest absolute Gasteiger partial charge is 0.194 e. The summed E-state index contributed by atoms with van der Waals surface area (Å²) in [6.45, 7) is 10.5. The summed E-state index contributed by atoms with van der Waals surface area (Å²) >= 11 is 0. The lowest BCUT2D eigenvalue weighted by molar-refractivity contribution is 0.0529. The van der Waals surface area contributed by atoms with Crippen molar-refractivity contribution in [2.24, 2.45) is 16.8 Å². The maximum absolute atomic E-state index is 6.12. The van der Waals surface area contributed by atoms with E-state index in [2.05, 4.69) is 46.1 Å². The van der Waals surface area contributed by atoms with Gasteiger partial charge in [-0.15, -0.1) is 0 Å². The third kappa shape index (κ3) is 3.82. The highest BCUT2D eigenvalue weighted by Crippen LogP contribution is 2.47. The highest BCUT2D eigenvalue weighted by atomic mass is 16.5. The number of guanidine groups is 1. The minimum Gasteiger partial charge on any atom is -0.375 e. The van der Waals surface area contributed by atoms with Gasteiger partial charge >= 0.3 is 0 Å². The minimum absolute atomic E-state index is 0.262. The maximum Gasteiger partial charge on any atom is 0.194 e. The van der Waals surface area contributed by atoms with Crippen LogP contribution < -0.4 is 10.2 Å². The fourth-order valence-corrected chi connectivity index (χ4v) is 5.45. The van der Waals surface area contributed by atoms with Crippen molar-refractivity contribution in [2.75, 3.05) is 44.2 Å². The van der Waals surface area contributed by atoms with Crippen molar-refractivity contribution < 1.29 is 9.47 Å². The third-order valence-electron chi connectivity index (χ3n) is 6.87. The van der Waals surface area contributed by atoms with E-state index in [0.717, 1.165) is 56.7 Å². The third-order valence-corrected chi connectivity index (χ3v) is 6.87. The molecule has 2 bridgehead atoms. The predicted molar refractivity (Wildman–Crippen MR) is 113 cm³/mol. The van der Waals surface area contributed by atoms with E-state index in [1.807, 2.05) is 6.20 Å². The molecule has 1 aromatic rings. The van der Waals surface area contributed by atoms with Crippen LogP contribution in [0, 0.1) is 11.8 Å². The molecule has 4 saturated heterocycles. The van der Waals surface area contributed by atoms with Gasteiger partial charge in [0.1, 0.15) is 5.82 Å². The number of nitrogens with one attached hydrogen (secondary N) is 1. The number of pyridine rings is 1. The number of aromatic nitrogens is 1. The largest absolute Gasteiger partial charge is 0.375 e. The first kappa shape index (κ1) is 19.1. The molecule has 4 fully saturated rings. The van der Waals surface area contributed by atoms with Crippen LogP contribution in [0.3, 0.4) is 0 Å². The lowest BCUT2D eigenvalue weighted by Crippen LogP contribution is -2.41. The van der Waals surface area contributed by atoms with Crippen LogP contribution in [0.4, 0.5) is 5.82 Å². The van der Waals surface area contributed by atoms with Crippen molar-refractivity contribution in [3.05, 3.63) is 23.9 Å². The second kappa shape index (κ2) is 8.11. The number of anilines is 1. The van der Waals surface area contributed by atoms with Gasteiger partial charge in [0.25, 0.3) is 0 Å². The maximum atomic E-state index is 6.12. The first-order valence-electron chi connectivity index (χ1n) is 11.2. The van der Waals surface area contributed by atoms with Crippen molar-refractivity contribution in [3.8, 4) is 0 Å². The number of nitrogens with zero attached hydrogens (tertiary/aromatic N) is 4. The van der Waals surface area contributed by atoms with Gasteiger partial charge in [-0.05, 0) is 38.3 Å². The first-order valence-corrected chi connectivity index (χ1v) is 11.2. The van der Waals surface area contributed by atoms with Crippen LogP contribution in [0.2, 0.25) is 0 Å². The number of hydrogen-bond acceptors (Lipinski definition) is 5. The van der Waals surface area contributed by atoms with Gasteiger partial charge in [0.15, 0.2) is 5.96 Å². The van der Waals surface area contributed by atoms with Crippen molar-refractivity contribution in [3.63, 3.8) is 0 Å². The minimum atomic E-state index is 0.262. The molecule has 0 saturated carbocycles. The highest BCUT2D eigenvalue weighted by Gasteiger charge is 2.53. The van der Waals surface area contributed by atoms with Gasteiger partial charge in [0, 0.05) is 50.8 Å². The number of rotatable bonds is 4. The Morgan fingerprint density at radius 1 is 1.21 bits per heavy atom. The summed E-state index contributed by atoms with van der Waals surface area (Å²) in [5.41, 5.74) is 1.15. The molecular formula is C22H33N5O2. The normalized spacial score (nSPS) is 34.0. The molecule has 0 spiro atoms. The summed E-state index contributed by atoms with van der Waals surface area (Å²) in [6.07, 6.45) is 5.68. The van der Waals surface area contributed by atoms with E-state index in [1.165, 1.54) is 12.8 Å². The van der Waals surface area contributed by atoms with E-state index in [1.54, 1.807) is 0 Å². The molecule has 1 N–H and O–H groups in total. The second-order valence-corrected chi connectivity index (χ2v) is 8.85. The van der Waals surface area contributed by atoms with Crippen LogP contribution in [0.1, 0.15) is 32.3 Å². The number of hydrogen-bond donors (Lipinski definition) is 1. The van der Waals surface area contributed by atoms with Gasteiger partial charge in [0.2, 0.25) is 0 Å². The van der Waals surface area contributed by atoms with Gasteiger partial charge in [-0.25, -0.2) is 9.98 Å². The summed E-state index contributed by atoms with van der Waals surface area (Å²) in [5.74, 6) is 3.44. The molecule has 158 valence electrons. The summed E-state index contributed by atoms with van der Waals surface area (Å²) in [5, 5.41) is 3.49. The number of likely N-dealkylation sites (tertiary alicyclic amines) is 1. The van der Waals surface area contributed by atoms with Gasteiger partial charge in [-0.3, -0.25) is 0 Å². The average molecular weight is 400 g/mol. The van der Waals surface area contributed by atoms with Crippen molar-refractivity contribution in [1.29, 1.82) is 0 Å². The monoisotopic (exact) mass is 399 g/mol. The molecule has 5 heterocycles. The summed E-state index contributed by atoms with van der Waals surface area (Å²) in [6, 6.07) is 4.27. The molecule has 1 aromatic heterocycles. The Bertz CT molecular complexity index is 721. The molecule has 29 heavy (non-hydrogen) atoms. The Balaban J connectivity index is 1.23. The van der Waals surface area contributed by atoms with Gasteiger partial charge in [-0.1, -0.05) is 6.07 Å². The van der Waals surface area contributed by atoms with Crippen molar-refractivity contribution in [1.82, 2.24) is 15.2 Å². The number of fused-ring (bicyclic) bond motifs is 5. The fraction of sp³-hybridized carbons (Fsp3) is 0.727. The highest BCUT2D eigenvalue weighted by molar-refractivity contribution is 5.80. The van der Waals surface area contributed by atoms with Gasteiger partial charge in [0.05, 0.1) is 31.5 Å². The zero-order valence-electron chi connectivity index (χ0n) is 17.6. The van der Waals surface area contributed by atoms with Crippen LogP contribution in [-0.2, 0) is 16.0 Å². The Morgan fingerprint density at radius 2 is 2.00 bits per heavy atom. The second-order valence-electron chi connectivity index (χ2n) is 8.85. The van der Waals surface area contributed by atoms with Gasteiger partial charge in [-0.2, -0.15) is 0 Å².